The van der Waals surface area contributed by atoms with Crippen LogP contribution in [0.4, 0.5) is 20.3 Å². The molecule has 0 aliphatic rings. The highest BCUT2D eigenvalue weighted by Gasteiger charge is 2.27. The van der Waals surface area contributed by atoms with Gasteiger partial charge in [-0.15, -0.1) is 0 Å². The number of anilines is 2. The molecule has 0 bridgehead atoms. The topological polar surface area (TPSA) is 71.2 Å². The molecule has 0 spiro atoms. The maximum Gasteiger partial charge on any atom is 0.287 e. The quantitative estimate of drug-likeness (QED) is 0.673. The molecule has 0 unspecified atom stereocenters. The molecule has 0 aromatic carbocycles. The number of aromatic nitrogens is 1. The van der Waals surface area contributed by atoms with E-state index < -0.39 is 19.1 Å². The highest BCUT2D eigenvalue weighted by atomic mass is 19.3. The first-order chi connectivity index (χ1) is 6.55. The molecule has 1 rings (SSSR count). The Kier molecular flexibility index (Phi) is 3.19. The number of nitrogens with one attached hydrogen (secondary N) is 1. The fraction of sp³-hybridized carbons (Fsp3) is 0.375. The molecule has 1 heterocycles. The van der Waals surface area contributed by atoms with Gasteiger partial charge in [-0.25, -0.2) is 13.8 Å². The summed E-state index contributed by atoms with van der Waals surface area (Å²) in [5, 5.41) is 10.7. The van der Waals surface area contributed by atoms with Gasteiger partial charge in [0.1, 0.15) is 12.4 Å². The van der Waals surface area contributed by atoms with Crippen LogP contribution in [-0.4, -0.2) is 29.2 Å². The molecule has 0 aliphatic heterocycles. The number of rotatable bonds is 4. The summed E-state index contributed by atoms with van der Waals surface area (Å²) in [6, 6.07) is 3.12. The molecule has 0 amide bonds. The van der Waals surface area contributed by atoms with Crippen molar-refractivity contribution in [3.8, 4) is 0 Å². The van der Waals surface area contributed by atoms with Crippen LogP contribution in [0.3, 0.4) is 0 Å². The van der Waals surface area contributed by atoms with Crippen molar-refractivity contribution in [3.63, 3.8) is 0 Å². The third-order valence-corrected chi connectivity index (χ3v) is 1.61. The van der Waals surface area contributed by atoms with Crippen LogP contribution in [0.2, 0.25) is 0 Å². The first-order valence-electron chi connectivity index (χ1n) is 3.98. The second kappa shape index (κ2) is 4.19. The Morgan fingerprint density at radius 3 is 2.86 bits per heavy atom. The lowest BCUT2D eigenvalue weighted by Crippen LogP contribution is -2.31. The fourth-order valence-electron chi connectivity index (χ4n) is 0.847. The molecule has 0 radical (unpaired) electrons. The van der Waals surface area contributed by atoms with Crippen molar-refractivity contribution < 1.29 is 13.9 Å². The molecular weight excluding hydrogens is 192 g/mol. The van der Waals surface area contributed by atoms with Gasteiger partial charge in [0.05, 0.1) is 12.2 Å². The van der Waals surface area contributed by atoms with Crippen molar-refractivity contribution in [3.05, 3.63) is 18.3 Å². The molecule has 4 N–H and O–H groups in total. The molecule has 1 aromatic rings. The molecule has 1 aromatic heterocycles. The van der Waals surface area contributed by atoms with Crippen LogP contribution < -0.4 is 11.1 Å². The summed E-state index contributed by atoms with van der Waals surface area (Å²) in [6.07, 6.45) is 1.46. The minimum Gasteiger partial charge on any atom is -0.390 e. The van der Waals surface area contributed by atoms with E-state index in [-0.39, 0.29) is 5.82 Å². The van der Waals surface area contributed by atoms with Gasteiger partial charge in [0, 0.05) is 6.20 Å². The largest absolute Gasteiger partial charge is 0.390 e. The Bertz CT molecular complexity index is 306. The molecular formula is C8H11F2N3O. The van der Waals surface area contributed by atoms with Gasteiger partial charge < -0.3 is 16.2 Å². The fourth-order valence-corrected chi connectivity index (χ4v) is 0.847. The molecule has 0 fully saturated rings. The third kappa shape index (κ3) is 2.81. The van der Waals surface area contributed by atoms with Crippen molar-refractivity contribution in [1.29, 1.82) is 0 Å². The van der Waals surface area contributed by atoms with Crippen LogP contribution >= 0.6 is 0 Å². The van der Waals surface area contributed by atoms with Crippen LogP contribution in [0.1, 0.15) is 0 Å². The molecule has 78 valence electrons. The average Bonchev–Trinajstić information content (AvgIpc) is 2.17. The van der Waals surface area contributed by atoms with E-state index in [0.29, 0.717) is 5.69 Å². The number of halogens is 2. The molecule has 0 atom stereocenters. The SMILES string of the molecule is Nc1ncccc1NCC(F)(F)CO. The summed E-state index contributed by atoms with van der Waals surface area (Å²) in [7, 11) is 0. The normalized spacial score (nSPS) is 11.4. The summed E-state index contributed by atoms with van der Waals surface area (Å²) in [4.78, 5) is 3.71. The van der Waals surface area contributed by atoms with Gasteiger partial charge in [0.25, 0.3) is 5.92 Å². The van der Waals surface area contributed by atoms with Gasteiger partial charge in [-0.3, -0.25) is 0 Å². The van der Waals surface area contributed by atoms with Gasteiger partial charge in [-0.1, -0.05) is 0 Å². The molecule has 0 aliphatic carbocycles. The van der Waals surface area contributed by atoms with Crippen molar-refractivity contribution >= 4 is 11.5 Å². The van der Waals surface area contributed by atoms with E-state index in [0.717, 1.165) is 0 Å². The molecule has 4 nitrogen and oxygen atoms in total. The Hall–Kier alpha value is -1.43. The predicted octanol–water partition coefficient (Wildman–Crippen LogP) is 0.703. The molecule has 6 heteroatoms. The van der Waals surface area contributed by atoms with Crippen LogP contribution in [0.25, 0.3) is 0 Å². The lowest BCUT2D eigenvalue weighted by molar-refractivity contribution is -0.0372. The monoisotopic (exact) mass is 203 g/mol. The predicted molar refractivity (Wildman–Crippen MR) is 49.2 cm³/mol. The van der Waals surface area contributed by atoms with E-state index in [1.807, 2.05) is 0 Å². The van der Waals surface area contributed by atoms with E-state index in [1.54, 1.807) is 6.07 Å². The number of alkyl halides is 2. The zero-order valence-electron chi connectivity index (χ0n) is 7.37. The van der Waals surface area contributed by atoms with Gasteiger partial charge >= 0.3 is 0 Å². The van der Waals surface area contributed by atoms with Crippen LogP contribution in [0, 0.1) is 0 Å². The number of hydrogen-bond acceptors (Lipinski definition) is 4. The second-order valence-electron chi connectivity index (χ2n) is 2.80. The zero-order chi connectivity index (χ0) is 10.6. The number of hydrogen-bond donors (Lipinski definition) is 3. The Balaban J connectivity index is 2.58. The first kappa shape index (κ1) is 10.6. The van der Waals surface area contributed by atoms with E-state index in [4.69, 9.17) is 10.8 Å². The molecule has 0 saturated carbocycles. The van der Waals surface area contributed by atoms with Crippen molar-refractivity contribution in [2.75, 3.05) is 24.2 Å². The van der Waals surface area contributed by atoms with Crippen molar-refractivity contribution in [2.24, 2.45) is 0 Å². The Morgan fingerprint density at radius 2 is 2.29 bits per heavy atom. The Morgan fingerprint density at radius 1 is 1.57 bits per heavy atom. The van der Waals surface area contributed by atoms with Crippen LogP contribution in [0.5, 0.6) is 0 Å². The van der Waals surface area contributed by atoms with E-state index in [9.17, 15) is 8.78 Å². The number of pyridine rings is 1. The minimum atomic E-state index is -3.15. The number of nitrogens with two attached hydrogens (primary N) is 1. The summed E-state index contributed by atoms with van der Waals surface area (Å²) < 4.78 is 25.2. The number of nitrogen functional groups attached to an aromatic ring is 1. The summed E-state index contributed by atoms with van der Waals surface area (Å²) in [6.45, 7) is -1.86. The van der Waals surface area contributed by atoms with Crippen molar-refractivity contribution in [1.82, 2.24) is 4.98 Å². The molecule has 14 heavy (non-hydrogen) atoms. The minimum absolute atomic E-state index is 0.154. The maximum atomic E-state index is 12.6. The lowest BCUT2D eigenvalue weighted by Gasteiger charge is -2.15. The third-order valence-electron chi connectivity index (χ3n) is 1.61. The highest BCUT2D eigenvalue weighted by molar-refractivity contribution is 5.60. The number of aliphatic hydroxyl groups is 1. The summed E-state index contributed by atoms with van der Waals surface area (Å²) in [5.74, 6) is -3.00. The van der Waals surface area contributed by atoms with Crippen LogP contribution in [0.15, 0.2) is 18.3 Å². The maximum absolute atomic E-state index is 12.6. The molecule has 0 saturated heterocycles. The number of nitrogens with zero attached hydrogens (tertiary/aromatic N) is 1. The summed E-state index contributed by atoms with van der Waals surface area (Å²) in [5.41, 5.74) is 5.74. The summed E-state index contributed by atoms with van der Waals surface area (Å²) >= 11 is 0. The Labute approximate surface area is 79.8 Å². The van der Waals surface area contributed by atoms with E-state index in [1.165, 1.54) is 12.3 Å². The number of aliphatic hydroxyl groups excluding tert-OH is 1. The van der Waals surface area contributed by atoms with E-state index >= 15 is 0 Å². The van der Waals surface area contributed by atoms with Gasteiger partial charge in [-0.2, -0.15) is 0 Å². The van der Waals surface area contributed by atoms with Crippen molar-refractivity contribution in [2.45, 2.75) is 5.92 Å². The second-order valence-corrected chi connectivity index (χ2v) is 2.80. The van der Waals surface area contributed by atoms with E-state index in [2.05, 4.69) is 10.3 Å². The van der Waals surface area contributed by atoms with Crippen LogP contribution in [-0.2, 0) is 0 Å². The van der Waals surface area contributed by atoms with Gasteiger partial charge in [0.2, 0.25) is 0 Å². The standard InChI is InChI=1S/C8H11F2N3O/c9-8(10,5-14)4-13-6-2-1-3-12-7(6)11/h1-3,13-14H,4-5H2,(H2,11,12). The first-order valence-corrected chi connectivity index (χ1v) is 3.98. The average molecular weight is 203 g/mol. The highest BCUT2D eigenvalue weighted by Crippen LogP contribution is 2.17. The zero-order valence-corrected chi connectivity index (χ0v) is 7.37. The lowest BCUT2D eigenvalue weighted by atomic mass is 10.3. The smallest absolute Gasteiger partial charge is 0.287 e. The van der Waals surface area contributed by atoms with Gasteiger partial charge in [-0.05, 0) is 12.1 Å². The van der Waals surface area contributed by atoms with Gasteiger partial charge in [0.15, 0.2) is 0 Å².